The van der Waals surface area contributed by atoms with E-state index in [0.29, 0.717) is 119 Å². The van der Waals surface area contributed by atoms with Gasteiger partial charge in [-0.2, -0.15) is 0 Å². The van der Waals surface area contributed by atoms with Crippen molar-refractivity contribution in [3.63, 3.8) is 0 Å². The van der Waals surface area contributed by atoms with E-state index < -0.39 is 0 Å². The summed E-state index contributed by atoms with van der Waals surface area (Å²) < 4.78 is 0. The Morgan fingerprint density at radius 2 is 0.306 bits per heavy atom. The van der Waals surface area contributed by atoms with E-state index in [4.69, 9.17) is 0 Å². The molecule has 4 N–H and O–H groups in total. The Morgan fingerprint density at radius 3 is 0.417 bits per heavy atom. The maximum absolute atomic E-state index is 4.28. The van der Waals surface area contributed by atoms with E-state index in [1.54, 1.807) is 0 Å². The average molecular weight is 501 g/mol. The summed E-state index contributed by atoms with van der Waals surface area (Å²) in [6.45, 7) is 30.5. The fourth-order valence-corrected chi connectivity index (χ4v) is 10.7. The molecule has 4 nitrogen and oxygen atoms in total. The Morgan fingerprint density at radius 1 is 0.194 bits per heavy atom. The number of fused-ring (bicyclic) bond motifs is 8. The fraction of sp³-hybridized carbons (Fsp3) is 1.00. The van der Waals surface area contributed by atoms with Gasteiger partial charge in [0.25, 0.3) is 0 Å². The quantitative estimate of drug-likeness (QED) is 0.378. The zero-order chi connectivity index (χ0) is 26.4. The number of hydrogen-bond donors (Lipinski definition) is 4. The molecule has 0 aliphatic carbocycles. The smallest absolute Gasteiger partial charge is 0.0139 e. The molecule has 0 aromatic carbocycles. The van der Waals surface area contributed by atoms with Gasteiger partial charge in [0.2, 0.25) is 0 Å². The molecular weight excluding hydrogens is 440 g/mol. The van der Waals surface area contributed by atoms with Gasteiger partial charge in [-0.05, 0) is 71.0 Å². The van der Waals surface area contributed by atoms with E-state index in [-0.39, 0.29) is 0 Å². The Kier molecular flexibility index (Phi) is 7.45. The Labute approximate surface area is 223 Å². The van der Waals surface area contributed by atoms with Crippen LogP contribution in [-0.4, -0.2) is 48.3 Å². The van der Waals surface area contributed by atoms with Crippen LogP contribution in [0.3, 0.4) is 0 Å². The molecule has 5 saturated heterocycles. The highest BCUT2D eigenvalue weighted by molar-refractivity contribution is 5.12. The van der Waals surface area contributed by atoms with Gasteiger partial charge in [0.05, 0.1) is 0 Å². The van der Waals surface area contributed by atoms with Crippen molar-refractivity contribution in [1.82, 2.24) is 21.3 Å². The first-order valence-corrected chi connectivity index (χ1v) is 15.9. The summed E-state index contributed by atoms with van der Waals surface area (Å²) in [7, 11) is 0. The lowest BCUT2D eigenvalue weighted by atomic mass is 9.73. The molecule has 4 heteroatoms. The SMILES string of the molecule is CC1C(C)C2NC1C(C)C1NC(C(C)C1C)C(C)C1NC(C(C)C1C)C(C)C1NC(C(C)C1C)C2C. The van der Waals surface area contributed by atoms with Gasteiger partial charge in [0.15, 0.2) is 0 Å². The van der Waals surface area contributed by atoms with Crippen molar-refractivity contribution in [3.8, 4) is 0 Å². The van der Waals surface area contributed by atoms with E-state index in [9.17, 15) is 0 Å². The van der Waals surface area contributed by atoms with Crippen molar-refractivity contribution in [2.45, 2.75) is 131 Å². The van der Waals surface area contributed by atoms with Crippen LogP contribution in [0.1, 0.15) is 83.1 Å². The van der Waals surface area contributed by atoms with Crippen molar-refractivity contribution in [2.75, 3.05) is 0 Å². The maximum atomic E-state index is 4.28. The second-order valence-electron chi connectivity index (χ2n) is 15.2. The minimum absolute atomic E-state index is 0.596. The predicted molar refractivity (Wildman–Crippen MR) is 153 cm³/mol. The molecule has 16 atom stereocenters. The zero-order valence-corrected chi connectivity index (χ0v) is 25.5. The van der Waals surface area contributed by atoms with Crippen LogP contribution in [0.5, 0.6) is 0 Å². The summed E-state index contributed by atoms with van der Waals surface area (Å²) in [5.74, 6) is 8.28. The molecule has 0 saturated carbocycles. The van der Waals surface area contributed by atoms with Gasteiger partial charge in [-0.15, -0.1) is 0 Å². The maximum Gasteiger partial charge on any atom is 0.0139 e. The van der Waals surface area contributed by atoms with Gasteiger partial charge in [0, 0.05) is 48.3 Å². The molecule has 36 heavy (non-hydrogen) atoms. The molecule has 5 heterocycles. The Balaban J connectivity index is 1.53. The highest BCUT2D eigenvalue weighted by atomic mass is 15.1. The van der Waals surface area contributed by atoms with Crippen LogP contribution in [0, 0.1) is 71.0 Å². The van der Waals surface area contributed by atoms with E-state index in [1.807, 2.05) is 0 Å². The van der Waals surface area contributed by atoms with Gasteiger partial charge < -0.3 is 21.3 Å². The summed E-state index contributed by atoms with van der Waals surface area (Å²) in [4.78, 5) is 0. The van der Waals surface area contributed by atoms with Gasteiger partial charge in [0.1, 0.15) is 0 Å². The summed E-state index contributed by atoms with van der Waals surface area (Å²) >= 11 is 0. The van der Waals surface area contributed by atoms with Crippen LogP contribution in [0.2, 0.25) is 0 Å². The van der Waals surface area contributed by atoms with Crippen LogP contribution in [0.25, 0.3) is 0 Å². The van der Waals surface area contributed by atoms with Gasteiger partial charge >= 0.3 is 0 Å². The van der Waals surface area contributed by atoms with Gasteiger partial charge in [-0.1, -0.05) is 83.1 Å². The number of nitrogens with one attached hydrogen (secondary N) is 4. The Bertz CT molecular complexity index is 602. The zero-order valence-electron chi connectivity index (χ0n) is 25.5. The molecule has 0 radical (unpaired) electrons. The molecule has 208 valence electrons. The molecular formula is C32H60N4. The normalized spacial score (nSPS) is 63.7. The topological polar surface area (TPSA) is 48.1 Å². The van der Waals surface area contributed by atoms with Crippen LogP contribution in [0.4, 0.5) is 0 Å². The molecule has 0 aromatic heterocycles. The second-order valence-corrected chi connectivity index (χ2v) is 15.2. The minimum atomic E-state index is 0.596. The van der Waals surface area contributed by atoms with Crippen molar-refractivity contribution in [2.24, 2.45) is 71.0 Å². The molecule has 16 unspecified atom stereocenters. The average Bonchev–Trinajstić information content (AvgIpc) is 3.52. The van der Waals surface area contributed by atoms with Crippen LogP contribution in [0.15, 0.2) is 0 Å². The third-order valence-electron chi connectivity index (χ3n) is 13.9. The summed E-state index contributed by atoms with van der Waals surface area (Å²) in [5.41, 5.74) is 0. The largest absolute Gasteiger partial charge is 0.310 e. The molecule has 8 bridgehead atoms. The van der Waals surface area contributed by atoms with Crippen molar-refractivity contribution < 1.29 is 0 Å². The second kappa shape index (κ2) is 9.79. The lowest BCUT2D eigenvalue weighted by Gasteiger charge is -2.36. The van der Waals surface area contributed by atoms with E-state index >= 15 is 0 Å². The van der Waals surface area contributed by atoms with Gasteiger partial charge in [-0.25, -0.2) is 0 Å². The van der Waals surface area contributed by atoms with Crippen molar-refractivity contribution in [1.29, 1.82) is 0 Å². The highest BCUT2D eigenvalue weighted by Gasteiger charge is 2.55. The molecule has 5 fully saturated rings. The van der Waals surface area contributed by atoms with Crippen molar-refractivity contribution in [3.05, 3.63) is 0 Å². The third kappa shape index (κ3) is 3.97. The lowest BCUT2D eigenvalue weighted by Crippen LogP contribution is -2.54. The molecule has 5 aliphatic rings. The third-order valence-corrected chi connectivity index (χ3v) is 13.9. The monoisotopic (exact) mass is 500 g/mol. The van der Waals surface area contributed by atoms with Crippen molar-refractivity contribution >= 4 is 0 Å². The fourth-order valence-electron chi connectivity index (χ4n) is 10.7. The molecule has 0 amide bonds. The van der Waals surface area contributed by atoms with Crippen LogP contribution < -0.4 is 21.3 Å². The highest BCUT2D eigenvalue weighted by Crippen LogP contribution is 2.46. The minimum Gasteiger partial charge on any atom is -0.310 e. The first kappa shape index (κ1) is 27.4. The van der Waals surface area contributed by atoms with E-state index in [2.05, 4.69) is 104 Å². The molecule has 5 aliphatic heterocycles. The molecule has 0 aromatic rings. The number of rotatable bonds is 0. The number of hydrogen-bond acceptors (Lipinski definition) is 4. The summed E-state index contributed by atoms with van der Waals surface area (Å²) in [6, 6.07) is 4.77. The lowest BCUT2D eigenvalue weighted by molar-refractivity contribution is 0.221. The first-order valence-electron chi connectivity index (χ1n) is 15.9. The first-order chi connectivity index (χ1) is 16.9. The standard InChI is InChI=1S/C32H60N4/c1-13-14(2)26-22(10)28-17(5)18(6)30(35-28)24(12)32-20(8)19(7)31(36-32)23(11)29-16(4)15(3)27(34-29)21(9)25(13)33-26/h13-36H,1-12H3. The van der Waals surface area contributed by atoms with Crippen LogP contribution in [-0.2, 0) is 0 Å². The molecule has 0 spiro atoms. The Hall–Kier alpha value is -0.160. The molecule has 5 rings (SSSR count). The summed E-state index contributed by atoms with van der Waals surface area (Å²) in [5, 5.41) is 17.1. The summed E-state index contributed by atoms with van der Waals surface area (Å²) in [6.07, 6.45) is 0. The van der Waals surface area contributed by atoms with E-state index in [1.165, 1.54) is 0 Å². The predicted octanol–water partition coefficient (Wildman–Crippen LogP) is 4.99. The van der Waals surface area contributed by atoms with Gasteiger partial charge in [-0.3, -0.25) is 0 Å². The van der Waals surface area contributed by atoms with Crippen LogP contribution >= 0.6 is 0 Å². The van der Waals surface area contributed by atoms with E-state index in [0.717, 1.165) is 0 Å².